The van der Waals surface area contributed by atoms with Gasteiger partial charge in [0.2, 0.25) is 23.7 Å². The number of benzene rings is 1. The van der Waals surface area contributed by atoms with E-state index in [1.807, 2.05) is 12.3 Å². The number of carboxylic acids is 1. The van der Waals surface area contributed by atoms with Gasteiger partial charge < -0.3 is 31.4 Å². The first kappa shape index (κ1) is 36.1. The molecule has 0 bridgehead atoms. The van der Waals surface area contributed by atoms with Crippen LogP contribution in [0.5, 0.6) is 0 Å². The Bertz CT molecular complexity index is 1670. The van der Waals surface area contributed by atoms with Crippen molar-refractivity contribution in [1.82, 2.24) is 29.2 Å². The third-order valence-electron chi connectivity index (χ3n) is 9.13. The molecule has 264 valence electrons. The van der Waals surface area contributed by atoms with Gasteiger partial charge in [-0.05, 0) is 36.1 Å². The highest BCUT2D eigenvalue weighted by molar-refractivity contribution is 8.00. The summed E-state index contributed by atoms with van der Waals surface area (Å²) in [6.07, 6.45) is 5.46. The Balaban J connectivity index is 1.10. The first-order valence-corrected chi connectivity index (χ1v) is 18.0. The van der Waals surface area contributed by atoms with E-state index in [-0.39, 0.29) is 48.8 Å². The van der Waals surface area contributed by atoms with Crippen molar-refractivity contribution in [1.29, 1.82) is 0 Å². The van der Waals surface area contributed by atoms with Crippen molar-refractivity contribution in [3.63, 3.8) is 0 Å². The van der Waals surface area contributed by atoms with Crippen LogP contribution in [0.4, 0.5) is 11.8 Å². The molecule has 3 amide bonds. The number of nitrogen functional groups attached to an aromatic ring is 1. The maximum absolute atomic E-state index is 13.0. The Morgan fingerprint density at radius 3 is 2.59 bits per heavy atom. The van der Waals surface area contributed by atoms with E-state index in [0.717, 1.165) is 79.0 Å². The van der Waals surface area contributed by atoms with E-state index in [0.29, 0.717) is 19.6 Å². The van der Waals surface area contributed by atoms with Crippen LogP contribution in [0, 0.1) is 6.92 Å². The van der Waals surface area contributed by atoms with Crippen molar-refractivity contribution in [3.8, 4) is 0 Å². The van der Waals surface area contributed by atoms with Gasteiger partial charge in [-0.2, -0.15) is 4.98 Å². The molecule has 2 atom stereocenters. The van der Waals surface area contributed by atoms with Crippen LogP contribution in [-0.4, -0.2) is 114 Å². The minimum Gasteiger partial charge on any atom is -0.480 e. The van der Waals surface area contributed by atoms with Crippen LogP contribution in [-0.2, 0) is 32.3 Å². The monoisotopic (exact) mass is 693 g/mol. The highest BCUT2D eigenvalue weighted by Crippen LogP contribution is 2.27. The number of hydrogen-bond donors (Lipinski definition) is 4. The van der Waals surface area contributed by atoms with E-state index in [1.54, 1.807) is 4.90 Å². The van der Waals surface area contributed by atoms with Gasteiger partial charge in [-0.1, -0.05) is 38.0 Å². The smallest absolute Gasteiger partial charge is 0.321 e. The number of imide groups is 1. The van der Waals surface area contributed by atoms with E-state index in [2.05, 4.69) is 56.8 Å². The second-order valence-electron chi connectivity index (χ2n) is 12.8. The van der Waals surface area contributed by atoms with Gasteiger partial charge in [0.15, 0.2) is 5.82 Å². The lowest BCUT2D eigenvalue weighted by atomic mass is 10.0. The number of carbonyl (C=O) groups is 4. The molecule has 0 radical (unpaired) electrons. The van der Waals surface area contributed by atoms with Crippen LogP contribution in [0.1, 0.15) is 55.7 Å². The number of rotatable bonds is 16. The number of unbranched alkanes of at least 4 members (excludes halogenated alkanes) is 2. The minimum atomic E-state index is -1.15. The molecular weight excluding hydrogens is 646 g/mol. The van der Waals surface area contributed by atoms with Crippen molar-refractivity contribution >= 4 is 58.3 Å². The normalized spacial score (nSPS) is 17.7. The Hall–Kier alpha value is -4.21. The fraction of sp³-hybridized carbons (Fsp3) is 0.529. The van der Waals surface area contributed by atoms with Crippen molar-refractivity contribution in [2.75, 3.05) is 56.1 Å². The number of anilines is 2. The number of aliphatic carboxylic acids is 1. The highest BCUT2D eigenvalue weighted by Gasteiger charge is 2.39. The first-order chi connectivity index (χ1) is 23.5. The van der Waals surface area contributed by atoms with E-state index < -0.39 is 17.3 Å². The van der Waals surface area contributed by atoms with Crippen molar-refractivity contribution in [3.05, 3.63) is 47.2 Å². The molecule has 14 nitrogen and oxygen atoms in total. The number of fused-ring (bicyclic) bond motifs is 1. The molecule has 6 N–H and O–H groups in total. The number of aryl methyl sites for hydroxylation is 1. The molecule has 1 unspecified atom stereocenters. The number of nitrogens with one attached hydrogen (secondary N) is 1. The summed E-state index contributed by atoms with van der Waals surface area (Å²) in [6.45, 7) is 9.22. The predicted octanol–water partition coefficient (Wildman–Crippen LogP) is 2.28. The summed E-state index contributed by atoms with van der Waals surface area (Å²) in [4.78, 5) is 63.2. The first-order valence-electron chi connectivity index (χ1n) is 16.9. The molecule has 4 heterocycles. The molecule has 2 aliphatic rings. The van der Waals surface area contributed by atoms with Gasteiger partial charge in [0.05, 0.1) is 10.8 Å². The Kier molecular flexibility index (Phi) is 12.1. The largest absolute Gasteiger partial charge is 0.480 e. The van der Waals surface area contributed by atoms with Gasteiger partial charge in [0.1, 0.15) is 11.6 Å². The quantitative estimate of drug-likeness (QED) is 0.127. The maximum atomic E-state index is 13.0. The summed E-state index contributed by atoms with van der Waals surface area (Å²) in [6, 6.07) is 7.43. The Morgan fingerprint density at radius 1 is 1.10 bits per heavy atom. The number of amides is 3. The van der Waals surface area contributed by atoms with Crippen molar-refractivity contribution < 1.29 is 24.3 Å². The van der Waals surface area contributed by atoms with E-state index in [9.17, 15) is 19.2 Å². The average Bonchev–Trinajstić information content (AvgIpc) is 3.60. The molecular formula is C34H47N9O5S. The average molecular weight is 694 g/mol. The van der Waals surface area contributed by atoms with Gasteiger partial charge in [0.25, 0.3) is 0 Å². The number of hydrogen-bond acceptors (Lipinski definition) is 11. The topological polar surface area (TPSA) is 193 Å². The zero-order chi connectivity index (χ0) is 35.1. The lowest BCUT2D eigenvalue weighted by Crippen LogP contribution is -2.49. The summed E-state index contributed by atoms with van der Waals surface area (Å²) in [5.74, 6) is -0.908. The molecule has 15 heteroatoms. The van der Waals surface area contributed by atoms with Crippen LogP contribution in [0.25, 0.3) is 11.0 Å². The molecule has 2 aromatic heterocycles. The van der Waals surface area contributed by atoms with Crippen molar-refractivity contribution in [2.24, 2.45) is 5.73 Å². The molecule has 0 spiro atoms. The fourth-order valence-electron chi connectivity index (χ4n) is 6.27. The van der Waals surface area contributed by atoms with Gasteiger partial charge in [-0.25, -0.2) is 4.98 Å². The molecule has 3 aromatic rings. The third-order valence-corrected chi connectivity index (χ3v) is 10.4. The van der Waals surface area contributed by atoms with Gasteiger partial charge in [-0.15, -0.1) is 11.8 Å². The fourth-order valence-corrected chi connectivity index (χ4v) is 7.38. The van der Waals surface area contributed by atoms with Crippen LogP contribution in [0.3, 0.4) is 0 Å². The molecule has 5 rings (SSSR count). The summed E-state index contributed by atoms with van der Waals surface area (Å²) in [5, 5.41) is 11.8. The third kappa shape index (κ3) is 9.08. The van der Waals surface area contributed by atoms with Gasteiger partial charge in [0, 0.05) is 77.1 Å². The van der Waals surface area contributed by atoms with Crippen molar-refractivity contribution in [2.45, 2.75) is 70.3 Å². The number of piperazine rings is 1. The number of carboxylic acid groups (broad SMARTS) is 1. The summed E-state index contributed by atoms with van der Waals surface area (Å²) in [5.41, 5.74) is 16.9. The van der Waals surface area contributed by atoms with Crippen LogP contribution >= 0.6 is 11.8 Å². The van der Waals surface area contributed by atoms with E-state index in [1.165, 1.54) is 16.7 Å². The standard InChI is InChI=1S/C34H47N9O5S/c1-3-4-5-10-37-31-30-26(38-34(36)39-31)8-11-42(30)20-24-7-6-23(17-22(24)2)19-40-13-15-41(16-14-40)28(44)9-12-43-29(45)18-27(32(43)46)49-21-25(35)33(47)48/h6-8,11,17,25,27H,3-5,9-10,12-16,18-21,35H2,1-2H3,(H,47,48)(H3,36,37,38,39)/t25-,27?/m0/s1. The molecule has 2 fully saturated rings. The van der Waals surface area contributed by atoms with Gasteiger partial charge >= 0.3 is 5.97 Å². The molecule has 1 aromatic carbocycles. The molecule has 2 aliphatic heterocycles. The number of aromatic nitrogens is 3. The number of likely N-dealkylation sites (tertiary alicyclic amines) is 1. The number of nitrogens with zero attached hydrogens (tertiary/aromatic N) is 6. The maximum Gasteiger partial charge on any atom is 0.321 e. The van der Waals surface area contributed by atoms with E-state index in [4.69, 9.17) is 16.6 Å². The lowest BCUT2D eigenvalue weighted by molar-refractivity contribution is -0.140. The Labute approximate surface area is 290 Å². The predicted molar refractivity (Wildman–Crippen MR) is 190 cm³/mol. The molecule has 2 saturated heterocycles. The highest BCUT2D eigenvalue weighted by atomic mass is 32.2. The number of carbonyl (C=O) groups excluding carboxylic acids is 3. The lowest BCUT2D eigenvalue weighted by Gasteiger charge is -2.35. The Morgan fingerprint density at radius 2 is 1.88 bits per heavy atom. The summed E-state index contributed by atoms with van der Waals surface area (Å²) < 4.78 is 2.17. The zero-order valence-electron chi connectivity index (χ0n) is 28.3. The number of nitrogens with two attached hydrogens (primary N) is 2. The molecule has 0 saturated carbocycles. The summed E-state index contributed by atoms with van der Waals surface area (Å²) in [7, 11) is 0. The molecule has 49 heavy (non-hydrogen) atoms. The van der Waals surface area contributed by atoms with Gasteiger partial charge in [-0.3, -0.25) is 29.0 Å². The van der Waals surface area contributed by atoms with Crippen LogP contribution < -0.4 is 16.8 Å². The minimum absolute atomic E-state index is 0.00542. The second-order valence-corrected chi connectivity index (χ2v) is 14.0. The number of thioether (sulfide) groups is 1. The second kappa shape index (κ2) is 16.5. The SMILES string of the molecule is CCCCCNc1nc(N)nc2ccn(Cc3ccc(CN4CCN(C(=O)CCN5C(=O)CC(SC[C@H](N)C(=O)O)C5=O)CC4)cc3C)c12. The summed E-state index contributed by atoms with van der Waals surface area (Å²) >= 11 is 1.08. The zero-order valence-corrected chi connectivity index (χ0v) is 29.1. The van der Waals surface area contributed by atoms with Crippen LogP contribution in [0.15, 0.2) is 30.5 Å². The molecule has 0 aliphatic carbocycles. The van der Waals surface area contributed by atoms with Crippen LogP contribution in [0.2, 0.25) is 0 Å². The van der Waals surface area contributed by atoms with E-state index >= 15 is 0 Å².